The summed E-state index contributed by atoms with van der Waals surface area (Å²) in [6.45, 7) is -0.109. The van der Waals surface area contributed by atoms with Gasteiger partial charge in [0.2, 0.25) is 0 Å². The molecule has 1 rings (SSSR count). The fourth-order valence-corrected chi connectivity index (χ4v) is 1.44. The van der Waals surface area contributed by atoms with Gasteiger partial charge >= 0.3 is 7.12 Å². The van der Waals surface area contributed by atoms with E-state index < -0.39 is 7.12 Å². The van der Waals surface area contributed by atoms with Crippen LogP contribution in [-0.4, -0.2) is 36.2 Å². The van der Waals surface area contributed by atoms with Crippen molar-refractivity contribution in [2.45, 2.75) is 6.42 Å². The third-order valence-electron chi connectivity index (χ3n) is 2.00. The maximum absolute atomic E-state index is 9.52. The van der Waals surface area contributed by atoms with Crippen LogP contribution in [0.25, 0.3) is 0 Å². The minimum atomic E-state index is -1.13. The van der Waals surface area contributed by atoms with Crippen molar-refractivity contribution in [3.05, 3.63) is 29.8 Å². The third kappa shape index (κ3) is 4.55. The number of benzene rings is 1. The topological polar surface area (TPSA) is 58.9 Å². The average Bonchev–Trinajstić information content (AvgIpc) is 2.30. The zero-order valence-electron chi connectivity index (χ0n) is 8.87. The quantitative estimate of drug-likeness (QED) is 0.203. The number of hydrogen-bond acceptors (Lipinski definition) is 5. The number of aliphatic hydroxyl groups is 1. The fraction of sp³-hybridized carbons (Fsp3) is 0.400. The molecule has 0 radical (unpaired) electrons. The zero-order chi connectivity index (χ0) is 11.8. The van der Waals surface area contributed by atoms with Crippen LogP contribution in [-0.2, 0) is 16.1 Å². The fourth-order valence-electron chi connectivity index (χ4n) is 1.18. The van der Waals surface area contributed by atoms with Crippen LogP contribution < -0.4 is 5.46 Å². The van der Waals surface area contributed by atoms with Crippen molar-refractivity contribution in [1.82, 2.24) is 0 Å². The second kappa shape index (κ2) is 7.70. The summed E-state index contributed by atoms with van der Waals surface area (Å²) in [6.07, 6.45) is 0.890. The van der Waals surface area contributed by atoms with Gasteiger partial charge in [-0.25, -0.2) is 4.89 Å². The summed E-state index contributed by atoms with van der Waals surface area (Å²) < 4.78 is 0. The molecule has 0 bridgehead atoms. The van der Waals surface area contributed by atoms with E-state index in [0.717, 1.165) is 17.7 Å². The van der Waals surface area contributed by atoms with Crippen molar-refractivity contribution in [3.8, 4) is 0 Å². The van der Waals surface area contributed by atoms with E-state index in [1.54, 1.807) is 12.1 Å². The van der Waals surface area contributed by atoms with Crippen molar-refractivity contribution in [2.24, 2.45) is 0 Å². The molecule has 4 nitrogen and oxygen atoms in total. The van der Waals surface area contributed by atoms with Gasteiger partial charge < -0.3 is 10.1 Å². The van der Waals surface area contributed by atoms with Gasteiger partial charge in [0.1, 0.15) is 6.61 Å². The maximum Gasteiger partial charge on any atom is 0.523 e. The lowest BCUT2D eigenvalue weighted by molar-refractivity contribution is -0.225. The molecule has 0 saturated heterocycles. The molecule has 0 aliphatic heterocycles. The van der Waals surface area contributed by atoms with Crippen LogP contribution >= 0.6 is 12.6 Å². The molecule has 0 aliphatic carbocycles. The van der Waals surface area contributed by atoms with Gasteiger partial charge in [0, 0.05) is 0 Å². The highest BCUT2D eigenvalue weighted by Crippen LogP contribution is 2.00. The molecule has 0 heterocycles. The van der Waals surface area contributed by atoms with Crippen molar-refractivity contribution in [1.29, 1.82) is 0 Å². The third-order valence-corrected chi connectivity index (χ3v) is 2.22. The number of hydrogen-bond donors (Lipinski definition) is 3. The van der Waals surface area contributed by atoms with Gasteiger partial charge in [-0.05, 0) is 23.2 Å². The Bertz CT molecular complexity index is 293. The average molecular weight is 242 g/mol. The largest absolute Gasteiger partial charge is 0.523 e. The van der Waals surface area contributed by atoms with Crippen LogP contribution in [0.15, 0.2) is 24.3 Å². The normalized spacial score (nSPS) is 10.4. The standard InChI is InChI=1S/C10H15BO4S/c12-6-7-14-15-11(13)10-3-1-9(2-4-10)5-8-16/h1-4,12-13,16H,5-8H2. The summed E-state index contributed by atoms with van der Waals surface area (Å²) in [4.78, 5) is 9.21. The summed E-state index contributed by atoms with van der Waals surface area (Å²) in [5.41, 5.74) is 1.77. The molecule has 0 fully saturated rings. The number of rotatable bonds is 7. The van der Waals surface area contributed by atoms with E-state index in [-0.39, 0.29) is 13.2 Å². The summed E-state index contributed by atoms with van der Waals surface area (Å²) in [5, 5.41) is 18.0. The predicted octanol–water partition coefficient (Wildman–Crippen LogP) is -0.213. The van der Waals surface area contributed by atoms with Crippen molar-refractivity contribution >= 4 is 25.2 Å². The molecule has 0 unspecified atom stereocenters. The number of thiol groups is 1. The molecule has 0 saturated carbocycles. The van der Waals surface area contributed by atoms with Gasteiger partial charge in [0.05, 0.1) is 6.61 Å². The summed E-state index contributed by atoms with van der Waals surface area (Å²) in [5.74, 6) is 0.790. The van der Waals surface area contributed by atoms with Gasteiger partial charge in [-0.2, -0.15) is 12.6 Å². The zero-order valence-corrected chi connectivity index (χ0v) is 9.77. The molecule has 0 atom stereocenters. The Balaban J connectivity index is 2.46. The van der Waals surface area contributed by atoms with Crippen LogP contribution in [0.1, 0.15) is 5.56 Å². The molecular weight excluding hydrogens is 227 g/mol. The molecule has 6 heteroatoms. The highest BCUT2D eigenvalue weighted by molar-refractivity contribution is 7.80. The Morgan fingerprint density at radius 1 is 1.25 bits per heavy atom. The van der Waals surface area contributed by atoms with Gasteiger partial charge in [-0.1, -0.05) is 24.3 Å². The smallest absolute Gasteiger partial charge is 0.422 e. The molecule has 0 aliphatic rings. The lowest BCUT2D eigenvalue weighted by Crippen LogP contribution is -2.33. The first-order chi connectivity index (χ1) is 7.77. The van der Waals surface area contributed by atoms with Crippen molar-refractivity contribution < 1.29 is 19.8 Å². The molecule has 2 N–H and O–H groups in total. The van der Waals surface area contributed by atoms with Gasteiger partial charge in [-0.3, -0.25) is 4.81 Å². The molecule has 0 amide bonds. The summed E-state index contributed by atoms with van der Waals surface area (Å²) in [7, 11) is -1.13. The molecule has 16 heavy (non-hydrogen) atoms. The van der Waals surface area contributed by atoms with E-state index in [2.05, 4.69) is 22.3 Å². The minimum absolute atomic E-state index is 0.0365. The highest BCUT2D eigenvalue weighted by atomic mass is 32.1. The molecule has 0 spiro atoms. The van der Waals surface area contributed by atoms with Gasteiger partial charge in [-0.15, -0.1) is 0 Å². The maximum atomic E-state index is 9.52. The first kappa shape index (κ1) is 13.5. The van der Waals surface area contributed by atoms with E-state index >= 15 is 0 Å². The highest BCUT2D eigenvalue weighted by Gasteiger charge is 2.17. The summed E-state index contributed by atoms with van der Waals surface area (Å²) >= 11 is 4.14. The van der Waals surface area contributed by atoms with E-state index in [0.29, 0.717) is 5.46 Å². The first-order valence-corrected chi connectivity index (χ1v) is 5.68. The summed E-state index contributed by atoms with van der Waals surface area (Å²) in [6, 6.07) is 7.35. The second-order valence-electron chi connectivity index (χ2n) is 3.21. The monoisotopic (exact) mass is 242 g/mol. The Morgan fingerprint density at radius 3 is 2.50 bits per heavy atom. The second-order valence-corrected chi connectivity index (χ2v) is 3.66. The molecule has 0 aromatic heterocycles. The molecule has 88 valence electrons. The van der Waals surface area contributed by atoms with Crippen molar-refractivity contribution in [2.75, 3.05) is 19.0 Å². The van der Waals surface area contributed by atoms with E-state index in [4.69, 9.17) is 5.11 Å². The van der Waals surface area contributed by atoms with Crippen LogP contribution in [0.2, 0.25) is 0 Å². The van der Waals surface area contributed by atoms with Crippen LogP contribution in [0.4, 0.5) is 0 Å². The predicted molar refractivity (Wildman–Crippen MR) is 65.7 cm³/mol. The van der Waals surface area contributed by atoms with Crippen LogP contribution in [0.5, 0.6) is 0 Å². The number of aliphatic hydroxyl groups excluding tert-OH is 1. The Hall–Kier alpha value is -0.525. The van der Waals surface area contributed by atoms with Crippen molar-refractivity contribution in [3.63, 3.8) is 0 Å². The Morgan fingerprint density at radius 2 is 1.94 bits per heavy atom. The van der Waals surface area contributed by atoms with Crippen LogP contribution in [0, 0.1) is 0 Å². The SMILES string of the molecule is OCCOOB(O)c1ccc(CCS)cc1. The van der Waals surface area contributed by atoms with E-state index in [1.807, 2.05) is 12.1 Å². The van der Waals surface area contributed by atoms with Crippen LogP contribution in [0.3, 0.4) is 0 Å². The Kier molecular flexibility index (Phi) is 6.52. The Labute approximate surface area is 101 Å². The first-order valence-electron chi connectivity index (χ1n) is 5.05. The molecule has 1 aromatic carbocycles. The number of aryl methyl sites for hydroxylation is 1. The lowest BCUT2D eigenvalue weighted by Gasteiger charge is -2.07. The van der Waals surface area contributed by atoms with Gasteiger partial charge in [0.25, 0.3) is 0 Å². The molecular formula is C10H15BO4S. The van der Waals surface area contributed by atoms with E-state index in [9.17, 15) is 5.02 Å². The van der Waals surface area contributed by atoms with Gasteiger partial charge in [0.15, 0.2) is 0 Å². The minimum Gasteiger partial charge on any atom is -0.422 e. The lowest BCUT2D eigenvalue weighted by atomic mass is 9.80. The van der Waals surface area contributed by atoms with E-state index in [1.165, 1.54) is 0 Å². The molecule has 1 aromatic rings.